The number of ether oxygens (including phenoxy) is 1. The maximum atomic E-state index is 5.75. The zero-order valence-electron chi connectivity index (χ0n) is 10.1. The molecule has 1 fully saturated rings. The molecule has 1 aliphatic rings. The number of rotatable bonds is 5. The Hall–Kier alpha value is 0.170. The van der Waals surface area contributed by atoms with E-state index in [-0.39, 0.29) is 5.54 Å². The fourth-order valence-corrected chi connectivity index (χ4v) is 2.18. The van der Waals surface area contributed by atoms with Crippen LogP contribution in [0.2, 0.25) is 0 Å². The molecule has 0 radical (unpaired) electrons. The lowest BCUT2D eigenvalue weighted by Gasteiger charge is -2.33. The van der Waals surface area contributed by atoms with Gasteiger partial charge < -0.3 is 15.0 Å². The van der Waals surface area contributed by atoms with Gasteiger partial charge in [0.05, 0.1) is 12.7 Å². The molecule has 0 bridgehead atoms. The number of likely N-dealkylation sites (N-methyl/N-ethyl adjacent to an activating group) is 1. The molecule has 1 unspecified atom stereocenters. The van der Waals surface area contributed by atoms with Gasteiger partial charge in [-0.3, -0.25) is 0 Å². The van der Waals surface area contributed by atoms with E-state index in [1.807, 2.05) is 0 Å². The van der Waals surface area contributed by atoms with Crippen molar-refractivity contribution in [1.82, 2.24) is 10.2 Å². The largest absolute Gasteiger partial charge is 0.374 e. The van der Waals surface area contributed by atoms with Gasteiger partial charge in [0.2, 0.25) is 0 Å². The van der Waals surface area contributed by atoms with E-state index in [1.54, 1.807) is 0 Å². The predicted octanol–water partition coefficient (Wildman–Crippen LogP) is 1.31. The second-order valence-corrected chi connectivity index (χ2v) is 5.34. The standard InChI is InChI=1S/C11H23ClN2O/c1-11(2,4-5-12)13-8-10-9-14(3)6-7-15-10/h10,13H,4-9H2,1-3H3. The van der Waals surface area contributed by atoms with Crippen molar-refractivity contribution in [2.75, 3.05) is 39.2 Å². The van der Waals surface area contributed by atoms with Crippen molar-refractivity contribution in [3.05, 3.63) is 0 Å². The Morgan fingerprint density at radius 2 is 2.27 bits per heavy atom. The average Bonchev–Trinajstić information content (AvgIpc) is 2.15. The lowest BCUT2D eigenvalue weighted by molar-refractivity contribution is -0.0210. The summed E-state index contributed by atoms with van der Waals surface area (Å²) >= 11 is 5.75. The highest BCUT2D eigenvalue weighted by Gasteiger charge is 2.21. The number of morpholine rings is 1. The third-order valence-electron chi connectivity index (χ3n) is 2.87. The summed E-state index contributed by atoms with van der Waals surface area (Å²) in [5.74, 6) is 0.700. The van der Waals surface area contributed by atoms with Crippen molar-refractivity contribution in [3.63, 3.8) is 0 Å². The van der Waals surface area contributed by atoms with Crippen molar-refractivity contribution in [2.45, 2.75) is 31.9 Å². The van der Waals surface area contributed by atoms with Crippen LogP contribution in [0.15, 0.2) is 0 Å². The van der Waals surface area contributed by atoms with Crippen LogP contribution in [0.3, 0.4) is 0 Å². The van der Waals surface area contributed by atoms with Crippen LogP contribution in [0.25, 0.3) is 0 Å². The SMILES string of the molecule is CN1CCOC(CNC(C)(C)CCCl)C1. The van der Waals surface area contributed by atoms with E-state index in [4.69, 9.17) is 16.3 Å². The monoisotopic (exact) mass is 234 g/mol. The second-order valence-electron chi connectivity index (χ2n) is 4.96. The summed E-state index contributed by atoms with van der Waals surface area (Å²) in [7, 11) is 2.14. The zero-order valence-corrected chi connectivity index (χ0v) is 10.8. The lowest BCUT2D eigenvalue weighted by atomic mass is 10.0. The van der Waals surface area contributed by atoms with Crippen LogP contribution in [-0.2, 0) is 4.74 Å². The summed E-state index contributed by atoms with van der Waals surface area (Å²) in [4.78, 5) is 2.31. The van der Waals surface area contributed by atoms with Crippen molar-refractivity contribution in [1.29, 1.82) is 0 Å². The van der Waals surface area contributed by atoms with Crippen LogP contribution >= 0.6 is 11.6 Å². The first-order valence-electron chi connectivity index (χ1n) is 5.64. The molecule has 0 aromatic rings. The Morgan fingerprint density at radius 1 is 1.53 bits per heavy atom. The zero-order chi connectivity index (χ0) is 11.3. The molecule has 90 valence electrons. The summed E-state index contributed by atoms with van der Waals surface area (Å²) in [5.41, 5.74) is 0.112. The van der Waals surface area contributed by atoms with Gasteiger partial charge in [-0.1, -0.05) is 0 Å². The molecule has 0 saturated carbocycles. The van der Waals surface area contributed by atoms with Crippen LogP contribution in [0.1, 0.15) is 20.3 Å². The minimum atomic E-state index is 0.112. The molecule has 15 heavy (non-hydrogen) atoms. The van der Waals surface area contributed by atoms with E-state index in [0.717, 1.165) is 32.7 Å². The van der Waals surface area contributed by atoms with Gasteiger partial charge in [0.15, 0.2) is 0 Å². The molecule has 1 saturated heterocycles. The summed E-state index contributed by atoms with van der Waals surface area (Å²) in [6, 6.07) is 0. The third-order valence-corrected chi connectivity index (χ3v) is 3.06. The first kappa shape index (κ1) is 13.2. The number of hydrogen-bond acceptors (Lipinski definition) is 3. The maximum Gasteiger partial charge on any atom is 0.0826 e. The highest BCUT2D eigenvalue weighted by molar-refractivity contribution is 6.17. The van der Waals surface area contributed by atoms with Crippen molar-refractivity contribution in [2.24, 2.45) is 0 Å². The van der Waals surface area contributed by atoms with Gasteiger partial charge in [-0.05, 0) is 27.3 Å². The Morgan fingerprint density at radius 3 is 2.87 bits per heavy atom. The third kappa shape index (κ3) is 5.16. The molecule has 1 aliphatic heterocycles. The number of nitrogens with zero attached hydrogens (tertiary/aromatic N) is 1. The number of alkyl halides is 1. The molecule has 1 atom stereocenters. The molecule has 0 aliphatic carbocycles. The molecule has 3 nitrogen and oxygen atoms in total. The first-order chi connectivity index (χ1) is 7.03. The quantitative estimate of drug-likeness (QED) is 0.727. The van der Waals surface area contributed by atoms with Crippen molar-refractivity contribution < 1.29 is 4.74 Å². The van der Waals surface area contributed by atoms with Crippen molar-refractivity contribution >= 4 is 11.6 Å². The van der Waals surface area contributed by atoms with E-state index in [0.29, 0.717) is 12.0 Å². The fraction of sp³-hybridized carbons (Fsp3) is 1.00. The van der Waals surface area contributed by atoms with E-state index in [2.05, 4.69) is 31.1 Å². The Balaban J connectivity index is 2.23. The van der Waals surface area contributed by atoms with Crippen LogP contribution < -0.4 is 5.32 Å². The maximum absolute atomic E-state index is 5.75. The Kier molecular flexibility index (Phi) is 5.33. The topological polar surface area (TPSA) is 24.5 Å². The van der Waals surface area contributed by atoms with Crippen molar-refractivity contribution in [3.8, 4) is 0 Å². The minimum absolute atomic E-state index is 0.112. The van der Waals surface area contributed by atoms with E-state index < -0.39 is 0 Å². The Labute approximate surface area is 98.1 Å². The van der Waals surface area contributed by atoms with Gasteiger partial charge in [-0.15, -0.1) is 11.6 Å². The highest BCUT2D eigenvalue weighted by atomic mass is 35.5. The van der Waals surface area contributed by atoms with Crippen LogP contribution in [0, 0.1) is 0 Å². The van der Waals surface area contributed by atoms with Gasteiger partial charge in [0.25, 0.3) is 0 Å². The number of nitrogens with one attached hydrogen (secondary N) is 1. The van der Waals surface area contributed by atoms with Gasteiger partial charge in [0, 0.05) is 31.1 Å². The number of halogens is 1. The smallest absolute Gasteiger partial charge is 0.0826 e. The van der Waals surface area contributed by atoms with E-state index in [1.165, 1.54) is 0 Å². The molecule has 0 amide bonds. The van der Waals surface area contributed by atoms with Gasteiger partial charge in [-0.2, -0.15) is 0 Å². The van der Waals surface area contributed by atoms with Crippen LogP contribution in [-0.4, -0.2) is 55.7 Å². The summed E-state index contributed by atoms with van der Waals surface area (Å²) in [6.07, 6.45) is 1.30. The van der Waals surface area contributed by atoms with Gasteiger partial charge in [-0.25, -0.2) is 0 Å². The molecule has 1 heterocycles. The second kappa shape index (κ2) is 6.04. The van der Waals surface area contributed by atoms with Crippen LogP contribution in [0.5, 0.6) is 0 Å². The molecular weight excluding hydrogens is 212 g/mol. The lowest BCUT2D eigenvalue weighted by Crippen LogP contribution is -2.49. The molecular formula is C11H23ClN2O. The van der Waals surface area contributed by atoms with Gasteiger partial charge in [0.1, 0.15) is 0 Å². The number of hydrogen-bond donors (Lipinski definition) is 1. The van der Waals surface area contributed by atoms with Crippen LogP contribution in [0.4, 0.5) is 0 Å². The molecule has 1 N–H and O–H groups in total. The molecule has 0 aromatic carbocycles. The summed E-state index contributed by atoms with van der Waals surface area (Å²) in [6.45, 7) is 8.18. The fourth-order valence-electron chi connectivity index (χ4n) is 1.71. The highest BCUT2D eigenvalue weighted by Crippen LogP contribution is 2.10. The first-order valence-corrected chi connectivity index (χ1v) is 6.18. The normalized spacial score (nSPS) is 24.4. The molecule has 0 aromatic heterocycles. The minimum Gasteiger partial charge on any atom is -0.374 e. The summed E-state index contributed by atoms with van der Waals surface area (Å²) in [5, 5.41) is 3.51. The summed E-state index contributed by atoms with van der Waals surface area (Å²) < 4.78 is 5.68. The van der Waals surface area contributed by atoms with E-state index >= 15 is 0 Å². The average molecular weight is 235 g/mol. The predicted molar refractivity (Wildman–Crippen MR) is 64.7 cm³/mol. The molecule has 1 rings (SSSR count). The molecule has 4 heteroatoms. The Bertz CT molecular complexity index is 187. The van der Waals surface area contributed by atoms with E-state index in [9.17, 15) is 0 Å². The molecule has 0 spiro atoms. The van der Waals surface area contributed by atoms with Gasteiger partial charge >= 0.3 is 0 Å².